The van der Waals surface area contributed by atoms with E-state index in [9.17, 15) is 0 Å². The molecule has 0 radical (unpaired) electrons. The number of hydrogen-bond acceptors (Lipinski definition) is 4. The minimum atomic E-state index is -0.0301. The Balaban J connectivity index is 1.10. The van der Waals surface area contributed by atoms with E-state index in [0.717, 1.165) is 28.4 Å². The van der Waals surface area contributed by atoms with Crippen LogP contribution >= 0.6 is 0 Å². The highest BCUT2D eigenvalue weighted by Crippen LogP contribution is 2.64. The van der Waals surface area contributed by atoms with Crippen LogP contribution in [-0.4, -0.2) is 6.04 Å². The molecule has 362 valence electrons. The van der Waals surface area contributed by atoms with Gasteiger partial charge < -0.3 is 14.7 Å². The molecule has 4 nitrogen and oxygen atoms in total. The van der Waals surface area contributed by atoms with Crippen LogP contribution < -0.4 is 19.6 Å². The summed E-state index contributed by atoms with van der Waals surface area (Å²) in [6.45, 7) is 20.6. The van der Waals surface area contributed by atoms with E-state index < -0.39 is 0 Å². The van der Waals surface area contributed by atoms with Crippen LogP contribution in [0.15, 0.2) is 230 Å². The first kappa shape index (κ1) is 46.3. The van der Waals surface area contributed by atoms with Crippen molar-refractivity contribution in [1.82, 2.24) is 0 Å². The van der Waals surface area contributed by atoms with Crippen LogP contribution in [0.1, 0.15) is 96.0 Å². The first-order chi connectivity index (χ1) is 35.1. The second-order valence-electron chi connectivity index (χ2n) is 23.5. The van der Waals surface area contributed by atoms with Crippen LogP contribution in [0.2, 0.25) is 0 Å². The van der Waals surface area contributed by atoms with Crippen molar-refractivity contribution in [1.29, 1.82) is 0 Å². The molecule has 0 aromatic heterocycles. The van der Waals surface area contributed by atoms with Gasteiger partial charge in [0.2, 0.25) is 0 Å². The Kier molecular flexibility index (Phi) is 11.1. The maximum atomic E-state index is 2.63. The number of allylic oxidation sites excluding steroid dienone is 2. The van der Waals surface area contributed by atoms with Gasteiger partial charge in [0, 0.05) is 51.5 Å². The lowest BCUT2D eigenvalue weighted by Crippen LogP contribution is -2.38. The van der Waals surface area contributed by atoms with Gasteiger partial charge in [0.05, 0.1) is 23.1 Å². The van der Waals surface area contributed by atoms with Gasteiger partial charge in [-0.1, -0.05) is 196 Å². The zero-order valence-corrected chi connectivity index (χ0v) is 43.8. The number of anilines is 9. The fourth-order valence-corrected chi connectivity index (χ4v) is 11.8. The van der Waals surface area contributed by atoms with E-state index in [0.29, 0.717) is 0 Å². The molecule has 73 heavy (non-hydrogen) atoms. The van der Waals surface area contributed by atoms with E-state index in [-0.39, 0.29) is 34.1 Å². The summed E-state index contributed by atoms with van der Waals surface area (Å²) < 4.78 is 0. The first-order valence-electron chi connectivity index (χ1n) is 26.2. The van der Waals surface area contributed by atoms with Gasteiger partial charge in [0.15, 0.2) is 0 Å². The number of para-hydroxylation sites is 2. The summed E-state index contributed by atoms with van der Waals surface area (Å²) in [6.07, 6.45) is 9.40. The van der Waals surface area contributed by atoms with Crippen LogP contribution in [0.5, 0.6) is 0 Å². The second-order valence-corrected chi connectivity index (χ2v) is 23.5. The molecular weight excluding hydrogens is 885 g/mol. The van der Waals surface area contributed by atoms with Crippen molar-refractivity contribution in [2.45, 2.75) is 90.5 Å². The van der Waals surface area contributed by atoms with Crippen LogP contribution in [0, 0.1) is 5.92 Å². The molecule has 3 unspecified atom stereocenters. The monoisotopic (exact) mass is 951 g/mol. The van der Waals surface area contributed by atoms with E-state index in [4.69, 9.17) is 0 Å². The Morgan fingerprint density at radius 1 is 0.397 bits per heavy atom. The highest BCUT2D eigenvalue weighted by Gasteiger charge is 2.52. The number of fused-ring (bicyclic) bond motifs is 5. The number of benzene rings is 8. The zero-order chi connectivity index (χ0) is 50.4. The molecule has 0 bridgehead atoms. The van der Waals surface area contributed by atoms with E-state index in [1.807, 2.05) is 0 Å². The quantitative estimate of drug-likeness (QED) is 0.158. The van der Waals surface area contributed by atoms with Gasteiger partial charge in [-0.05, 0) is 140 Å². The SMILES string of the molecule is CC(C)(C)c1ccc(-c2cccc(N3C4=C(C5c6ccc(N(c7ccc(C(C)(C)C)cc7)c7ccc(C(C)(C)C)cc7)cc6N(c6ccccc6)c6cccc3c65)C3C=CC=CC3N4c3ccccc3)c2)cc1. The lowest BCUT2D eigenvalue weighted by atomic mass is 9.72. The Morgan fingerprint density at radius 2 is 0.904 bits per heavy atom. The van der Waals surface area contributed by atoms with Gasteiger partial charge in [-0.25, -0.2) is 0 Å². The molecule has 3 heterocycles. The minimum Gasteiger partial charge on any atom is -0.320 e. The molecule has 8 aromatic carbocycles. The van der Waals surface area contributed by atoms with Crippen molar-refractivity contribution in [3.05, 3.63) is 258 Å². The van der Waals surface area contributed by atoms with Crippen LogP contribution in [0.4, 0.5) is 51.2 Å². The third-order valence-electron chi connectivity index (χ3n) is 15.6. The lowest BCUT2D eigenvalue weighted by molar-refractivity contribution is 0.590. The predicted molar refractivity (Wildman–Crippen MR) is 309 cm³/mol. The molecule has 3 atom stereocenters. The van der Waals surface area contributed by atoms with Gasteiger partial charge in [0.25, 0.3) is 0 Å². The fraction of sp³-hybridized carbons (Fsp3) is 0.217. The molecule has 0 N–H and O–H groups in total. The molecule has 1 aliphatic carbocycles. The normalized spacial score (nSPS) is 17.8. The smallest absolute Gasteiger partial charge is 0.119 e. The molecule has 4 aliphatic rings. The second kappa shape index (κ2) is 17.4. The maximum Gasteiger partial charge on any atom is 0.119 e. The third kappa shape index (κ3) is 7.99. The summed E-state index contributed by atoms with van der Waals surface area (Å²) in [7, 11) is 0. The van der Waals surface area contributed by atoms with Crippen LogP contribution in [0.25, 0.3) is 11.1 Å². The van der Waals surface area contributed by atoms with Gasteiger partial charge >= 0.3 is 0 Å². The van der Waals surface area contributed by atoms with Gasteiger partial charge in [-0.3, -0.25) is 4.90 Å². The Bertz CT molecular complexity index is 3390. The van der Waals surface area contributed by atoms with Gasteiger partial charge in [-0.15, -0.1) is 0 Å². The molecule has 0 fully saturated rings. The zero-order valence-electron chi connectivity index (χ0n) is 43.8. The summed E-state index contributed by atoms with van der Waals surface area (Å²) in [6, 6.07) is 73.3. The van der Waals surface area contributed by atoms with E-state index in [1.54, 1.807) is 0 Å². The van der Waals surface area contributed by atoms with Crippen molar-refractivity contribution in [2.24, 2.45) is 5.92 Å². The fourth-order valence-electron chi connectivity index (χ4n) is 11.8. The van der Waals surface area contributed by atoms with E-state index >= 15 is 0 Å². The average molecular weight is 951 g/mol. The lowest BCUT2D eigenvalue weighted by Gasteiger charge is -2.46. The van der Waals surface area contributed by atoms with Crippen molar-refractivity contribution in [3.63, 3.8) is 0 Å². The molecule has 0 amide bonds. The van der Waals surface area contributed by atoms with Gasteiger partial charge in [0.1, 0.15) is 5.82 Å². The minimum absolute atomic E-state index is 0.0301. The number of hydrogen-bond donors (Lipinski definition) is 0. The molecule has 3 aliphatic heterocycles. The van der Waals surface area contributed by atoms with Crippen LogP contribution in [-0.2, 0) is 16.2 Å². The van der Waals surface area contributed by atoms with Gasteiger partial charge in [-0.2, -0.15) is 0 Å². The first-order valence-corrected chi connectivity index (χ1v) is 26.2. The number of rotatable bonds is 7. The summed E-state index contributed by atoms with van der Waals surface area (Å²) >= 11 is 0. The Labute approximate surface area is 433 Å². The van der Waals surface area contributed by atoms with Crippen molar-refractivity contribution in [3.8, 4) is 11.1 Å². The topological polar surface area (TPSA) is 13.0 Å². The molecule has 8 aromatic rings. The standard InChI is InChI=1S/C69H66N4/c1-67(2,3)48-32-30-46(31-33-48)47-20-18-25-55(44-47)73-61-29-19-28-60-65(61)63(64-57-26-16-17-27-59(57)72(66(64)73)52-23-14-11-15-24-52)58-43-42-56(45-62(58)71(60)51-21-12-10-13-22-51)70(53-38-34-49(35-39-53)68(4,5)6)54-40-36-50(37-41-54)69(7,8)9/h10-45,57,59,63H,1-9H3. The third-order valence-corrected chi connectivity index (χ3v) is 15.6. The molecule has 0 saturated heterocycles. The Hall–Kier alpha value is -7.82. The summed E-state index contributed by atoms with van der Waals surface area (Å²) in [5.41, 5.74) is 21.0. The number of nitrogens with zero attached hydrogens (tertiary/aromatic N) is 4. The molecule has 0 saturated carbocycles. The highest BCUT2D eigenvalue weighted by molar-refractivity contribution is 5.96. The van der Waals surface area contributed by atoms with Crippen molar-refractivity contribution < 1.29 is 0 Å². The molecule has 12 rings (SSSR count). The summed E-state index contributed by atoms with van der Waals surface area (Å²) in [5, 5.41) is 0. The molecule has 0 spiro atoms. The van der Waals surface area contributed by atoms with E-state index in [2.05, 4.69) is 300 Å². The molecular formula is C69H66N4. The summed E-state index contributed by atoms with van der Waals surface area (Å²) in [5.74, 6) is 1.32. The van der Waals surface area contributed by atoms with Crippen molar-refractivity contribution >= 4 is 51.2 Å². The van der Waals surface area contributed by atoms with Crippen LogP contribution in [0.3, 0.4) is 0 Å². The van der Waals surface area contributed by atoms with Crippen molar-refractivity contribution in [2.75, 3.05) is 19.6 Å². The maximum absolute atomic E-state index is 2.63. The predicted octanol–water partition coefficient (Wildman–Crippen LogP) is 18.6. The average Bonchev–Trinajstić information content (AvgIpc) is 3.75. The largest absolute Gasteiger partial charge is 0.320 e. The van der Waals surface area contributed by atoms with E-state index in [1.165, 1.54) is 73.1 Å². The Morgan fingerprint density at radius 3 is 1.49 bits per heavy atom. The summed E-state index contributed by atoms with van der Waals surface area (Å²) in [4.78, 5) is 10.2. The highest BCUT2D eigenvalue weighted by atomic mass is 15.4. The molecule has 4 heteroatoms.